The van der Waals surface area contributed by atoms with Crippen molar-refractivity contribution in [1.82, 2.24) is 10.2 Å². The van der Waals surface area contributed by atoms with Crippen molar-refractivity contribution in [2.45, 2.75) is 13.5 Å². The largest absolute Gasteiger partial charge is 0.449 e. The number of nitrogens with one attached hydrogen (secondary N) is 1. The Kier molecular flexibility index (Phi) is 7.03. The van der Waals surface area contributed by atoms with Crippen LogP contribution < -0.4 is 11.1 Å². The maximum Gasteiger partial charge on any atom is 0.418 e. The number of nitrogens with two attached hydrogens (primary N) is 1. The summed E-state index contributed by atoms with van der Waals surface area (Å²) in [6.07, 6.45) is -0.689. The second-order valence-electron chi connectivity index (χ2n) is 3.92. The smallest absolute Gasteiger partial charge is 0.418 e. The molecule has 1 aromatic rings. The number of carbonyl (C=O) groups excluding carboxylic acids is 2. The number of benzene rings is 1. The number of carbonyl (C=O) groups is 2. The van der Waals surface area contributed by atoms with E-state index in [1.54, 1.807) is 6.92 Å². The molecule has 7 heteroatoms. The molecule has 0 aliphatic carbocycles. The summed E-state index contributed by atoms with van der Waals surface area (Å²) < 4.78 is 5.77. The molecule has 3 N–H and O–H groups in total. The van der Waals surface area contributed by atoms with Gasteiger partial charge in [0, 0.05) is 24.1 Å². The van der Waals surface area contributed by atoms with Crippen LogP contribution in [0.3, 0.4) is 0 Å². The number of imide groups is 1. The lowest BCUT2D eigenvalue weighted by Gasteiger charge is -2.19. The first kappa shape index (κ1) is 16.5. The van der Waals surface area contributed by atoms with Gasteiger partial charge in [-0.25, -0.2) is 14.5 Å². The third-order valence-electron chi connectivity index (χ3n) is 2.44. The van der Waals surface area contributed by atoms with Gasteiger partial charge in [-0.15, -0.1) is 0 Å². The van der Waals surface area contributed by atoms with Crippen LogP contribution in [-0.2, 0) is 11.3 Å². The first-order valence-corrected chi connectivity index (χ1v) is 7.04. The lowest BCUT2D eigenvalue weighted by molar-refractivity contribution is 0.115. The molecular formula is C13H18BrN3O3. The molecule has 0 unspecified atom stereocenters. The number of rotatable bonds is 5. The van der Waals surface area contributed by atoms with Crippen LogP contribution in [0.1, 0.15) is 12.5 Å². The number of nitrogens with zero attached hydrogens (tertiary/aromatic N) is 1. The molecule has 20 heavy (non-hydrogen) atoms. The quantitative estimate of drug-likeness (QED) is 0.856. The van der Waals surface area contributed by atoms with Gasteiger partial charge in [-0.05, 0) is 24.6 Å². The van der Waals surface area contributed by atoms with E-state index in [1.807, 2.05) is 24.3 Å². The van der Waals surface area contributed by atoms with Crippen LogP contribution in [0.5, 0.6) is 0 Å². The highest BCUT2D eigenvalue weighted by atomic mass is 79.9. The van der Waals surface area contributed by atoms with Gasteiger partial charge in [-0.2, -0.15) is 0 Å². The van der Waals surface area contributed by atoms with Crippen LogP contribution in [0.15, 0.2) is 28.7 Å². The number of hydrogen-bond donors (Lipinski definition) is 2. The average Bonchev–Trinajstić information content (AvgIpc) is 2.44. The highest BCUT2D eigenvalue weighted by Crippen LogP contribution is 2.10. The second kappa shape index (κ2) is 8.55. The Bertz CT molecular complexity index is 451. The molecular weight excluding hydrogens is 326 g/mol. The Morgan fingerprint density at radius 3 is 2.55 bits per heavy atom. The van der Waals surface area contributed by atoms with Gasteiger partial charge in [0.15, 0.2) is 0 Å². The predicted octanol–water partition coefficient (Wildman–Crippen LogP) is 2.08. The summed E-state index contributed by atoms with van der Waals surface area (Å²) in [5, 5.41) is 2.66. The number of hydrogen-bond acceptors (Lipinski definition) is 4. The molecule has 6 nitrogen and oxygen atoms in total. The third-order valence-corrected chi connectivity index (χ3v) is 2.97. The summed E-state index contributed by atoms with van der Waals surface area (Å²) in [6.45, 7) is 2.51. The van der Waals surface area contributed by atoms with Gasteiger partial charge >= 0.3 is 12.1 Å². The van der Waals surface area contributed by atoms with Gasteiger partial charge in [0.25, 0.3) is 0 Å². The van der Waals surface area contributed by atoms with E-state index in [0.717, 1.165) is 14.9 Å². The molecule has 0 bridgehead atoms. The fraction of sp³-hybridized carbons (Fsp3) is 0.385. The summed E-state index contributed by atoms with van der Waals surface area (Å²) in [5.74, 6) is 0. The normalized spacial score (nSPS) is 9.95. The Morgan fingerprint density at radius 2 is 2.00 bits per heavy atom. The predicted molar refractivity (Wildman–Crippen MR) is 79.2 cm³/mol. The molecule has 0 spiro atoms. The van der Waals surface area contributed by atoms with E-state index in [0.29, 0.717) is 6.54 Å². The van der Waals surface area contributed by atoms with Crippen LogP contribution in [0.25, 0.3) is 0 Å². The first-order chi connectivity index (χ1) is 9.58. The van der Waals surface area contributed by atoms with Crippen LogP contribution >= 0.6 is 15.9 Å². The van der Waals surface area contributed by atoms with E-state index in [4.69, 9.17) is 10.5 Å². The van der Waals surface area contributed by atoms with Crippen molar-refractivity contribution in [3.63, 3.8) is 0 Å². The van der Waals surface area contributed by atoms with Crippen LogP contribution in [0.4, 0.5) is 9.59 Å². The third kappa shape index (κ3) is 5.18. The molecule has 0 heterocycles. The molecule has 0 fully saturated rings. The Hall–Kier alpha value is -1.60. The van der Waals surface area contributed by atoms with E-state index in [1.165, 1.54) is 0 Å². The zero-order valence-corrected chi connectivity index (χ0v) is 12.9. The molecule has 110 valence electrons. The summed E-state index contributed by atoms with van der Waals surface area (Å²) in [5.41, 5.74) is 6.32. The summed E-state index contributed by atoms with van der Waals surface area (Å²) in [7, 11) is 0. The van der Waals surface area contributed by atoms with Crippen LogP contribution in [0.2, 0.25) is 0 Å². The number of ether oxygens (including phenoxy) is 1. The van der Waals surface area contributed by atoms with Crippen molar-refractivity contribution < 1.29 is 14.3 Å². The lowest BCUT2D eigenvalue weighted by atomic mass is 10.2. The second-order valence-corrected chi connectivity index (χ2v) is 4.84. The minimum atomic E-state index is -0.689. The molecule has 0 aliphatic heterocycles. The summed E-state index contributed by atoms with van der Waals surface area (Å²) in [4.78, 5) is 24.5. The van der Waals surface area contributed by atoms with Gasteiger partial charge in [0.05, 0.1) is 6.61 Å². The topological polar surface area (TPSA) is 84.7 Å². The van der Waals surface area contributed by atoms with Crippen molar-refractivity contribution in [3.05, 3.63) is 34.3 Å². The fourth-order valence-corrected chi connectivity index (χ4v) is 1.75. The SMILES string of the molecule is CCOC(=O)N(CCN)C(=O)NCc1ccc(Br)cc1. The molecule has 1 rings (SSSR count). The maximum absolute atomic E-state index is 11.9. The van der Waals surface area contributed by atoms with E-state index in [-0.39, 0.29) is 19.7 Å². The van der Waals surface area contributed by atoms with Crippen molar-refractivity contribution in [2.24, 2.45) is 5.73 Å². The maximum atomic E-state index is 11.9. The van der Waals surface area contributed by atoms with E-state index >= 15 is 0 Å². The van der Waals surface area contributed by atoms with Crippen molar-refractivity contribution in [1.29, 1.82) is 0 Å². The number of halogens is 1. The summed E-state index contributed by atoms with van der Waals surface area (Å²) >= 11 is 3.33. The molecule has 1 aromatic carbocycles. The minimum Gasteiger partial charge on any atom is -0.449 e. The number of urea groups is 1. The van der Waals surface area contributed by atoms with E-state index < -0.39 is 12.1 Å². The van der Waals surface area contributed by atoms with Crippen molar-refractivity contribution >= 4 is 28.1 Å². The highest BCUT2D eigenvalue weighted by molar-refractivity contribution is 9.10. The zero-order valence-electron chi connectivity index (χ0n) is 11.3. The van der Waals surface area contributed by atoms with Gasteiger partial charge in [0.2, 0.25) is 0 Å². The Balaban J connectivity index is 2.57. The van der Waals surface area contributed by atoms with Gasteiger partial charge in [-0.1, -0.05) is 28.1 Å². The first-order valence-electron chi connectivity index (χ1n) is 6.25. The van der Waals surface area contributed by atoms with E-state index in [2.05, 4.69) is 21.2 Å². The Labute approximate surface area is 126 Å². The van der Waals surface area contributed by atoms with Gasteiger partial charge in [0.1, 0.15) is 0 Å². The standard InChI is InChI=1S/C13H18BrN3O3/c1-2-20-13(19)17(8-7-15)12(18)16-9-10-3-5-11(14)6-4-10/h3-6H,2,7-9,15H2,1H3,(H,16,18). The molecule has 0 aromatic heterocycles. The fourth-order valence-electron chi connectivity index (χ4n) is 1.48. The Morgan fingerprint density at radius 1 is 1.35 bits per heavy atom. The molecule has 0 saturated carbocycles. The van der Waals surface area contributed by atoms with Gasteiger partial charge < -0.3 is 15.8 Å². The molecule has 0 saturated heterocycles. The van der Waals surface area contributed by atoms with Gasteiger partial charge in [-0.3, -0.25) is 0 Å². The van der Waals surface area contributed by atoms with E-state index in [9.17, 15) is 9.59 Å². The van der Waals surface area contributed by atoms with Crippen LogP contribution in [0, 0.1) is 0 Å². The molecule has 0 aliphatic rings. The van der Waals surface area contributed by atoms with Crippen molar-refractivity contribution in [2.75, 3.05) is 19.7 Å². The van der Waals surface area contributed by atoms with Crippen LogP contribution in [-0.4, -0.2) is 36.7 Å². The molecule has 0 atom stereocenters. The average molecular weight is 344 g/mol. The monoisotopic (exact) mass is 343 g/mol. The minimum absolute atomic E-state index is 0.116. The van der Waals surface area contributed by atoms with Crippen molar-refractivity contribution in [3.8, 4) is 0 Å². The lowest BCUT2D eigenvalue weighted by Crippen LogP contribution is -2.46. The summed E-state index contributed by atoms with van der Waals surface area (Å²) in [6, 6.07) is 7.00. The highest BCUT2D eigenvalue weighted by Gasteiger charge is 2.21. The zero-order chi connectivity index (χ0) is 15.0. The molecule has 0 radical (unpaired) electrons. The number of amides is 3. The molecule has 3 amide bonds.